The Morgan fingerprint density at radius 2 is 1.73 bits per heavy atom. The maximum Gasteiger partial charge on any atom is 0.259 e. The summed E-state index contributed by atoms with van der Waals surface area (Å²) in [5, 5.41) is 7.13. The summed E-state index contributed by atoms with van der Waals surface area (Å²) in [7, 11) is 0. The molecule has 0 spiro atoms. The molecule has 0 saturated carbocycles. The molecule has 0 unspecified atom stereocenters. The van der Waals surface area contributed by atoms with E-state index in [1.165, 1.54) is 6.07 Å². The topological polar surface area (TPSA) is 46.9 Å². The van der Waals surface area contributed by atoms with E-state index in [0.29, 0.717) is 17.8 Å². The van der Waals surface area contributed by atoms with E-state index < -0.39 is 17.5 Å². The minimum absolute atomic E-state index is 0.0907. The van der Waals surface area contributed by atoms with E-state index in [9.17, 15) is 13.6 Å². The number of rotatable bonds is 5. The Morgan fingerprint density at radius 3 is 2.43 bits per heavy atom. The van der Waals surface area contributed by atoms with Crippen LogP contribution in [0, 0.1) is 18.6 Å². The molecule has 0 bridgehead atoms. The molecule has 0 saturated heterocycles. The molecule has 0 aliphatic heterocycles. The highest BCUT2D eigenvalue weighted by molar-refractivity contribution is 6.08. The summed E-state index contributed by atoms with van der Waals surface area (Å²) in [6, 6.07) is 20.4. The maximum atomic E-state index is 14.0. The normalized spacial score (nSPS) is 10.8. The number of anilines is 1. The van der Waals surface area contributed by atoms with Gasteiger partial charge in [0.25, 0.3) is 5.91 Å². The number of carbonyl (C=O) groups is 1. The molecular weight excluding hydrogens is 384 g/mol. The highest BCUT2D eigenvalue weighted by Crippen LogP contribution is 2.25. The third-order valence-electron chi connectivity index (χ3n) is 4.70. The highest BCUT2D eigenvalue weighted by Gasteiger charge is 2.19. The largest absolute Gasteiger partial charge is 0.319 e. The van der Waals surface area contributed by atoms with Crippen molar-refractivity contribution in [2.24, 2.45) is 0 Å². The molecule has 0 atom stereocenters. The number of carbonyl (C=O) groups excluding carboxylic acids is 1. The van der Waals surface area contributed by atoms with Crippen molar-refractivity contribution in [3.8, 4) is 11.3 Å². The van der Waals surface area contributed by atoms with Gasteiger partial charge in [-0.3, -0.25) is 9.48 Å². The first kappa shape index (κ1) is 19.5. The molecule has 4 aromatic rings. The Bertz CT molecular complexity index is 1190. The monoisotopic (exact) mass is 403 g/mol. The number of aryl methyl sites for hydroxylation is 1. The van der Waals surface area contributed by atoms with Crippen LogP contribution in [0.2, 0.25) is 0 Å². The summed E-state index contributed by atoms with van der Waals surface area (Å²) < 4.78 is 28.9. The lowest BCUT2D eigenvalue weighted by Gasteiger charge is -2.07. The maximum absolute atomic E-state index is 14.0. The van der Waals surface area contributed by atoms with Crippen LogP contribution in [0.4, 0.5) is 14.5 Å². The fourth-order valence-electron chi connectivity index (χ4n) is 3.14. The van der Waals surface area contributed by atoms with Crippen LogP contribution in [0.25, 0.3) is 11.3 Å². The first-order valence-electron chi connectivity index (χ1n) is 9.44. The van der Waals surface area contributed by atoms with Gasteiger partial charge >= 0.3 is 0 Å². The summed E-state index contributed by atoms with van der Waals surface area (Å²) in [4.78, 5) is 13.0. The second-order valence-corrected chi connectivity index (χ2v) is 7.02. The third kappa shape index (κ3) is 4.27. The summed E-state index contributed by atoms with van der Waals surface area (Å²) in [6.07, 6.45) is 1.64. The molecule has 4 rings (SSSR count). The summed E-state index contributed by atoms with van der Waals surface area (Å²) in [5.41, 5.74) is 3.60. The van der Waals surface area contributed by atoms with E-state index in [4.69, 9.17) is 0 Å². The average molecular weight is 403 g/mol. The van der Waals surface area contributed by atoms with E-state index in [1.807, 2.05) is 61.5 Å². The quantitative estimate of drug-likeness (QED) is 0.483. The Kier molecular flexibility index (Phi) is 5.39. The fraction of sp³-hybridized carbons (Fsp3) is 0.0833. The minimum Gasteiger partial charge on any atom is -0.319 e. The zero-order chi connectivity index (χ0) is 21.1. The van der Waals surface area contributed by atoms with Gasteiger partial charge in [0.05, 0.1) is 17.8 Å². The predicted octanol–water partition coefficient (Wildman–Crippen LogP) is 5.44. The number of hydrogen-bond donors (Lipinski definition) is 1. The minimum atomic E-state index is -0.836. The van der Waals surface area contributed by atoms with Gasteiger partial charge in [0, 0.05) is 17.8 Å². The van der Waals surface area contributed by atoms with Crippen molar-refractivity contribution in [3.05, 3.63) is 107 Å². The van der Waals surface area contributed by atoms with E-state index in [1.54, 1.807) is 10.9 Å². The third-order valence-corrected chi connectivity index (χ3v) is 4.70. The molecule has 6 heteroatoms. The van der Waals surface area contributed by atoms with Gasteiger partial charge in [-0.15, -0.1) is 0 Å². The van der Waals surface area contributed by atoms with E-state index >= 15 is 0 Å². The Morgan fingerprint density at radius 1 is 1.00 bits per heavy atom. The van der Waals surface area contributed by atoms with Crippen LogP contribution in [0.15, 0.2) is 79.0 Å². The molecule has 3 aromatic carbocycles. The molecule has 30 heavy (non-hydrogen) atoms. The molecule has 0 fully saturated rings. The van der Waals surface area contributed by atoms with Gasteiger partial charge < -0.3 is 5.32 Å². The van der Waals surface area contributed by atoms with Crippen molar-refractivity contribution in [2.75, 3.05) is 5.32 Å². The van der Waals surface area contributed by atoms with Crippen LogP contribution in [0.5, 0.6) is 0 Å². The number of nitrogens with one attached hydrogen (secondary N) is 1. The number of amides is 1. The van der Waals surface area contributed by atoms with Crippen LogP contribution in [0.3, 0.4) is 0 Å². The molecule has 0 aliphatic rings. The Balaban J connectivity index is 1.70. The first-order valence-corrected chi connectivity index (χ1v) is 9.44. The molecule has 150 valence electrons. The Hall–Kier alpha value is -3.80. The van der Waals surface area contributed by atoms with Gasteiger partial charge in [0.2, 0.25) is 0 Å². The standard InChI is InChI=1S/C24H19F2N3O/c1-16-7-9-18(10-8-16)23-20(15-29(28-23)14-17-5-3-2-4-6-17)24(30)27-22-12-11-19(25)13-21(22)26/h2-13,15H,14H2,1H3,(H,27,30). The predicted molar refractivity (Wildman–Crippen MR) is 112 cm³/mol. The van der Waals surface area contributed by atoms with Crippen LogP contribution in [-0.2, 0) is 6.54 Å². The second kappa shape index (κ2) is 8.29. The molecule has 0 aliphatic carbocycles. The lowest BCUT2D eigenvalue weighted by atomic mass is 10.1. The van der Waals surface area contributed by atoms with Gasteiger partial charge in [-0.1, -0.05) is 60.2 Å². The van der Waals surface area contributed by atoms with Crippen molar-refractivity contribution in [3.63, 3.8) is 0 Å². The number of hydrogen-bond acceptors (Lipinski definition) is 2. The summed E-state index contributed by atoms with van der Waals surface area (Å²) >= 11 is 0. The second-order valence-electron chi connectivity index (χ2n) is 7.02. The first-order chi connectivity index (χ1) is 14.5. The molecule has 1 aromatic heterocycles. The number of benzene rings is 3. The van der Waals surface area contributed by atoms with Crippen LogP contribution in [0.1, 0.15) is 21.5 Å². The highest BCUT2D eigenvalue weighted by atomic mass is 19.1. The van der Waals surface area contributed by atoms with Gasteiger partial charge in [-0.05, 0) is 24.6 Å². The van der Waals surface area contributed by atoms with E-state index in [0.717, 1.165) is 28.8 Å². The van der Waals surface area contributed by atoms with Crippen LogP contribution >= 0.6 is 0 Å². The summed E-state index contributed by atoms with van der Waals surface area (Å²) in [5.74, 6) is -2.06. The van der Waals surface area contributed by atoms with Crippen molar-refractivity contribution in [1.29, 1.82) is 0 Å². The van der Waals surface area contributed by atoms with Gasteiger partial charge in [0.15, 0.2) is 0 Å². The van der Waals surface area contributed by atoms with Crippen LogP contribution in [-0.4, -0.2) is 15.7 Å². The van der Waals surface area contributed by atoms with Crippen molar-refractivity contribution in [1.82, 2.24) is 9.78 Å². The number of halogens is 2. The van der Waals surface area contributed by atoms with Gasteiger partial charge in [0.1, 0.15) is 17.3 Å². The van der Waals surface area contributed by atoms with E-state index in [-0.39, 0.29) is 5.69 Å². The zero-order valence-electron chi connectivity index (χ0n) is 16.3. The smallest absolute Gasteiger partial charge is 0.259 e. The molecule has 1 N–H and O–H groups in total. The van der Waals surface area contributed by atoms with Gasteiger partial charge in [-0.2, -0.15) is 5.10 Å². The average Bonchev–Trinajstić information content (AvgIpc) is 3.15. The van der Waals surface area contributed by atoms with Crippen LogP contribution < -0.4 is 5.32 Å². The number of nitrogens with zero attached hydrogens (tertiary/aromatic N) is 2. The van der Waals surface area contributed by atoms with Crippen molar-refractivity contribution < 1.29 is 13.6 Å². The molecule has 1 heterocycles. The SMILES string of the molecule is Cc1ccc(-c2nn(Cc3ccccc3)cc2C(=O)Nc2ccc(F)cc2F)cc1. The molecule has 0 radical (unpaired) electrons. The van der Waals surface area contributed by atoms with Crippen molar-refractivity contribution in [2.45, 2.75) is 13.5 Å². The fourth-order valence-corrected chi connectivity index (χ4v) is 3.14. The lowest BCUT2D eigenvalue weighted by Crippen LogP contribution is -2.13. The Labute approximate surface area is 172 Å². The molecule has 4 nitrogen and oxygen atoms in total. The lowest BCUT2D eigenvalue weighted by molar-refractivity contribution is 0.102. The summed E-state index contributed by atoms with van der Waals surface area (Å²) in [6.45, 7) is 2.46. The van der Waals surface area contributed by atoms with Gasteiger partial charge in [-0.25, -0.2) is 8.78 Å². The zero-order valence-corrected chi connectivity index (χ0v) is 16.3. The van der Waals surface area contributed by atoms with E-state index in [2.05, 4.69) is 10.4 Å². The molecule has 1 amide bonds. The van der Waals surface area contributed by atoms with Crippen molar-refractivity contribution >= 4 is 11.6 Å². The number of aromatic nitrogens is 2. The molecular formula is C24H19F2N3O.